The van der Waals surface area contributed by atoms with E-state index in [0.717, 1.165) is 27.8 Å². The monoisotopic (exact) mass is 642 g/mol. The molecule has 0 aromatic heterocycles. The number of hydrogen-bond acceptors (Lipinski definition) is 6. The number of ether oxygens (including phenoxy) is 5. The fraction of sp³-hybridized carbons (Fsp3) is 0.286. The molecule has 7 unspecified atom stereocenters. The van der Waals surface area contributed by atoms with Gasteiger partial charge in [0.2, 0.25) is 0 Å². The van der Waals surface area contributed by atoms with Crippen LogP contribution in [-0.2, 0) is 56.7 Å². The van der Waals surface area contributed by atoms with Gasteiger partial charge in [0, 0.05) is 0 Å². The maximum Gasteiger partial charge on any atom is 0.134 e. The van der Waals surface area contributed by atoms with Crippen LogP contribution in [0.4, 0.5) is 0 Å². The Balaban J connectivity index is 1.27. The van der Waals surface area contributed by atoms with Crippen LogP contribution in [0.15, 0.2) is 152 Å². The first-order valence-corrected chi connectivity index (χ1v) is 16.7. The minimum absolute atomic E-state index is 0.317. The molecule has 0 radical (unpaired) electrons. The molecule has 7 atom stereocenters. The molecular formula is C42H42O6. The predicted octanol–water partition coefficient (Wildman–Crippen LogP) is 7.29. The Labute approximate surface area is 282 Å². The minimum Gasteiger partial charge on any atom is -0.390 e. The molecule has 0 heterocycles. The van der Waals surface area contributed by atoms with Gasteiger partial charge >= 0.3 is 0 Å². The van der Waals surface area contributed by atoms with Gasteiger partial charge < -0.3 is 28.8 Å². The van der Waals surface area contributed by atoms with Crippen molar-refractivity contribution in [2.45, 2.75) is 69.2 Å². The van der Waals surface area contributed by atoms with E-state index < -0.39 is 42.0 Å². The highest BCUT2D eigenvalue weighted by Gasteiger charge is 2.78. The van der Waals surface area contributed by atoms with Crippen molar-refractivity contribution in [2.24, 2.45) is 5.92 Å². The first-order valence-electron chi connectivity index (χ1n) is 16.7. The lowest BCUT2D eigenvalue weighted by atomic mass is 9.64. The van der Waals surface area contributed by atoms with E-state index >= 15 is 0 Å². The smallest absolute Gasteiger partial charge is 0.134 e. The summed E-state index contributed by atoms with van der Waals surface area (Å²) >= 11 is 0. The highest BCUT2D eigenvalue weighted by molar-refractivity contribution is 5.29. The Hall–Kier alpha value is -4.14. The molecule has 2 fully saturated rings. The fourth-order valence-electron chi connectivity index (χ4n) is 7.16. The van der Waals surface area contributed by atoms with Crippen LogP contribution in [0, 0.1) is 5.92 Å². The summed E-state index contributed by atoms with van der Waals surface area (Å²) in [4.78, 5) is 0. The third kappa shape index (κ3) is 7.01. The molecule has 0 amide bonds. The van der Waals surface area contributed by atoms with Gasteiger partial charge in [-0.2, -0.15) is 0 Å². The van der Waals surface area contributed by atoms with Gasteiger partial charge in [0.05, 0.1) is 51.2 Å². The molecule has 2 saturated carbocycles. The summed E-state index contributed by atoms with van der Waals surface area (Å²) < 4.78 is 34.1. The van der Waals surface area contributed by atoms with Crippen molar-refractivity contribution in [3.05, 3.63) is 179 Å². The van der Waals surface area contributed by atoms with Gasteiger partial charge in [0.25, 0.3) is 0 Å². The third-order valence-electron chi connectivity index (χ3n) is 9.51. The zero-order valence-corrected chi connectivity index (χ0v) is 26.9. The molecule has 2 aliphatic rings. The average molecular weight is 643 g/mol. The molecule has 0 saturated heterocycles. The summed E-state index contributed by atoms with van der Waals surface area (Å²) in [5, 5.41) is 12.0. The average Bonchev–Trinajstić information content (AvgIpc) is 3.38. The molecule has 7 rings (SSSR count). The topological polar surface area (TPSA) is 66.4 Å². The van der Waals surface area contributed by atoms with E-state index in [1.165, 1.54) is 0 Å². The lowest BCUT2D eigenvalue weighted by Gasteiger charge is -2.57. The van der Waals surface area contributed by atoms with Crippen LogP contribution in [-0.4, -0.2) is 41.2 Å². The van der Waals surface area contributed by atoms with E-state index in [1.54, 1.807) is 0 Å². The quantitative estimate of drug-likeness (QED) is 0.129. The molecule has 5 aromatic rings. The number of benzene rings is 5. The SMILES string of the molecule is OC1C(OCc2ccccc2)C2(OCc3ccccc3)C(OCc3ccccc3)C(OCc3ccccc3)C(OCc3ccccc3)C12. The van der Waals surface area contributed by atoms with Gasteiger partial charge in [-0.1, -0.05) is 152 Å². The Bertz CT molecular complexity index is 1670. The van der Waals surface area contributed by atoms with Crippen molar-refractivity contribution < 1.29 is 28.8 Å². The molecule has 246 valence electrons. The Morgan fingerprint density at radius 1 is 0.396 bits per heavy atom. The van der Waals surface area contributed by atoms with Crippen molar-refractivity contribution in [2.75, 3.05) is 0 Å². The summed E-state index contributed by atoms with van der Waals surface area (Å²) in [6.45, 7) is 1.69. The number of hydrogen-bond donors (Lipinski definition) is 1. The van der Waals surface area contributed by atoms with E-state index in [-0.39, 0.29) is 0 Å². The van der Waals surface area contributed by atoms with Gasteiger partial charge in [-0.05, 0) is 27.8 Å². The molecule has 5 aromatic carbocycles. The molecule has 6 heteroatoms. The van der Waals surface area contributed by atoms with Crippen LogP contribution in [0.3, 0.4) is 0 Å². The first kappa shape index (κ1) is 32.4. The summed E-state index contributed by atoms with van der Waals surface area (Å²) in [6, 6.07) is 50.4. The van der Waals surface area contributed by atoms with Gasteiger partial charge in [0.1, 0.15) is 23.9 Å². The Kier molecular flexibility index (Phi) is 10.4. The van der Waals surface area contributed by atoms with Crippen LogP contribution in [0.1, 0.15) is 27.8 Å². The molecular weight excluding hydrogens is 600 g/mol. The van der Waals surface area contributed by atoms with Crippen LogP contribution in [0.5, 0.6) is 0 Å². The summed E-state index contributed by atoms with van der Waals surface area (Å²) in [6.07, 6.45) is -3.24. The van der Waals surface area contributed by atoms with E-state index in [4.69, 9.17) is 23.7 Å². The summed E-state index contributed by atoms with van der Waals surface area (Å²) in [5.74, 6) is -0.466. The zero-order valence-electron chi connectivity index (χ0n) is 26.9. The van der Waals surface area contributed by atoms with Gasteiger partial charge in [-0.25, -0.2) is 0 Å². The van der Waals surface area contributed by atoms with E-state index in [9.17, 15) is 5.11 Å². The maximum absolute atomic E-state index is 12.0. The fourth-order valence-corrected chi connectivity index (χ4v) is 7.16. The lowest BCUT2D eigenvalue weighted by molar-refractivity contribution is -0.328. The molecule has 0 bridgehead atoms. The minimum atomic E-state index is -1.05. The van der Waals surface area contributed by atoms with Gasteiger partial charge in [-0.15, -0.1) is 0 Å². The highest BCUT2D eigenvalue weighted by Crippen LogP contribution is 2.58. The number of rotatable bonds is 15. The lowest BCUT2D eigenvalue weighted by Crippen LogP contribution is -2.75. The Morgan fingerprint density at radius 3 is 1.15 bits per heavy atom. The number of fused-ring (bicyclic) bond motifs is 1. The molecule has 2 aliphatic carbocycles. The van der Waals surface area contributed by atoms with E-state index in [0.29, 0.717) is 33.0 Å². The van der Waals surface area contributed by atoms with E-state index in [2.05, 4.69) is 0 Å². The molecule has 0 spiro atoms. The van der Waals surface area contributed by atoms with Crippen LogP contribution in [0.25, 0.3) is 0 Å². The summed E-state index contributed by atoms with van der Waals surface area (Å²) in [5.41, 5.74) is 4.09. The second-order valence-electron chi connectivity index (χ2n) is 12.6. The van der Waals surface area contributed by atoms with Crippen LogP contribution in [0.2, 0.25) is 0 Å². The zero-order chi connectivity index (χ0) is 32.6. The first-order chi connectivity index (χ1) is 23.7. The molecule has 1 N–H and O–H groups in total. The second-order valence-corrected chi connectivity index (χ2v) is 12.6. The van der Waals surface area contributed by atoms with Gasteiger partial charge in [-0.3, -0.25) is 0 Å². The van der Waals surface area contributed by atoms with Crippen molar-refractivity contribution >= 4 is 0 Å². The number of aliphatic hydroxyl groups excluding tert-OH is 1. The van der Waals surface area contributed by atoms with Crippen molar-refractivity contribution in [3.63, 3.8) is 0 Å². The largest absolute Gasteiger partial charge is 0.390 e. The number of aliphatic hydroxyl groups is 1. The molecule has 6 nitrogen and oxygen atoms in total. The van der Waals surface area contributed by atoms with Gasteiger partial charge in [0.15, 0.2) is 0 Å². The second kappa shape index (κ2) is 15.4. The normalized spacial score (nSPS) is 26.1. The van der Waals surface area contributed by atoms with Crippen molar-refractivity contribution in [1.82, 2.24) is 0 Å². The molecule has 0 aliphatic heterocycles. The predicted molar refractivity (Wildman–Crippen MR) is 184 cm³/mol. The Morgan fingerprint density at radius 2 is 0.729 bits per heavy atom. The van der Waals surface area contributed by atoms with Crippen LogP contribution >= 0.6 is 0 Å². The van der Waals surface area contributed by atoms with E-state index in [1.807, 2.05) is 152 Å². The highest BCUT2D eigenvalue weighted by atomic mass is 16.6. The summed E-state index contributed by atoms with van der Waals surface area (Å²) in [7, 11) is 0. The van der Waals surface area contributed by atoms with Crippen molar-refractivity contribution in [1.29, 1.82) is 0 Å². The van der Waals surface area contributed by atoms with Crippen LogP contribution < -0.4 is 0 Å². The third-order valence-corrected chi connectivity index (χ3v) is 9.51. The molecule has 48 heavy (non-hydrogen) atoms. The standard InChI is InChI=1S/C42H42O6/c43-37-36-38(44-26-31-16-6-1-7-17-31)39(45-27-32-18-8-2-9-19-32)41(47-29-34-22-12-4-13-23-34)42(36,48-30-35-24-14-5-15-25-35)40(37)46-28-33-20-10-3-11-21-33/h1-25,36-41,43H,26-30H2. The van der Waals surface area contributed by atoms with Crippen molar-refractivity contribution in [3.8, 4) is 0 Å². The maximum atomic E-state index is 12.0.